The minimum atomic E-state index is -0.671. The van der Waals surface area contributed by atoms with Crippen molar-refractivity contribution in [2.24, 2.45) is 11.7 Å². The number of amides is 1. The van der Waals surface area contributed by atoms with Gasteiger partial charge in [-0.05, 0) is 31.6 Å². The van der Waals surface area contributed by atoms with Gasteiger partial charge in [-0.2, -0.15) is 0 Å². The Kier molecular flexibility index (Phi) is 3.66. The quantitative estimate of drug-likeness (QED) is 0.678. The molecule has 1 amide bonds. The van der Waals surface area contributed by atoms with Crippen LogP contribution in [-0.2, 0) is 4.74 Å². The van der Waals surface area contributed by atoms with Crippen molar-refractivity contribution in [2.75, 3.05) is 5.88 Å². The average molecular weight is 192 g/mol. The van der Waals surface area contributed by atoms with E-state index in [0.29, 0.717) is 11.8 Å². The zero-order valence-electron chi connectivity index (χ0n) is 6.96. The van der Waals surface area contributed by atoms with Crippen molar-refractivity contribution in [3.05, 3.63) is 0 Å². The minimum Gasteiger partial charge on any atom is -0.446 e. The van der Waals surface area contributed by atoms with E-state index in [-0.39, 0.29) is 6.10 Å². The Hall–Kier alpha value is -0.440. The molecule has 4 heteroatoms. The van der Waals surface area contributed by atoms with Gasteiger partial charge in [0.15, 0.2) is 0 Å². The molecular weight excluding hydrogens is 178 g/mol. The molecule has 1 fully saturated rings. The number of carbonyl (C=O) groups is 1. The summed E-state index contributed by atoms with van der Waals surface area (Å²) in [6, 6.07) is 0. The second-order valence-corrected chi connectivity index (χ2v) is 3.55. The van der Waals surface area contributed by atoms with Crippen LogP contribution in [0.1, 0.15) is 25.7 Å². The zero-order valence-corrected chi connectivity index (χ0v) is 7.72. The lowest BCUT2D eigenvalue weighted by Gasteiger charge is -2.26. The molecule has 3 nitrogen and oxygen atoms in total. The predicted molar refractivity (Wildman–Crippen MR) is 47.1 cm³/mol. The van der Waals surface area contributed by atoms with Gasteiger partial charge in [-0.1, -0.05) is 0 Å². The van der Waals surface area contributed by atoms with Crippen LogP contribution in [0.2, 0.25) is 0 Å². The van der Waals surface area contributed by atoms with Crippen molar-refractivity contribution in [2.45, 2.75) is 31.8 Å². The summed E-state index contributed by atoms with van der Waals surface area (Å²) < 4.78 is 4.90. The van der Waals surface area contributed by atoms with E-state index in [0.717, 1.165) is 25.7 Å². The fraction of sp³-hybridized carbons (Fsp3) is 0.875. The Morgan fingerprint density at radius 2 is 2.33 bits per heavy atom. The van der Waals surface area contributed by atoms with E-state index < -0.39 is 6.09 Å². The first-order valence-electron chi connectivity index (χ1n) is 4.24. The van der Waals surface area contributed by atoms with Crippen molar-refractivity contribution in [3.8, 4) is 0 Å². The highest BCUT2D eigenvalue weighted by Crippen LogP contribution is 2.26. The highest BCUT2D eigenvalue weighted by molar-refractivity contribution is 6.18. The number of hydrogen-bond acceptors (Lipinski definition) is 2. The summed E-state index contributed by atoms with van der Waals surface area (Å²) in [7, 11) is 0. The number of primary amides is 1. The van der Waals surface area contributed by atoms with Gasteiger partial charge >= 0.3 is 6.09 Å². The zero-order chi connectivity index (χ0) is 8.97. The SMILES string of the molecule is NC(=O)OC1CCCC(CCl)C1. The molecule has 2 N–H and O–H groups in total. The maximum Gasteiger partial charge on any atom is 0.404 e. The predicted octanol–water partition coefficient (Wildman–Crippen LogP) is 1.88. The van der Waals surface area contributed by atoms with Gasteiger partial charge in [-0.25, -0.2) is 4.79 Å². The molecule has 12 heavy (non-hydrogen) atoms. The van der Waals surface area contributed by atoms with E-state index in [9.17, 15) is 4.79 Å². The first-order valence-corrected chi connectivity index (χ1v) is 4.78. The fourth-order valence-corrected chi connectivity index (χ4v) is 1.93. The van der Waals surface area contributed by atoms with Gasteiger partial charge in [0.1, 0.15) is 6.10 Å². The lowest BCUT2D eigenvalue weighted by molar-refractivity contribution is 0.0696. The smallest absolute Gasteiger partial charge is 0.404 e. The van der Waals surface area contributed by atoms with Crippen LogP contribution in [-0.4, -0.2) is 18.1 Å². The molecule has 0 spiro atoms. The number of alkyl halides is 1. The number of rotatable bonds is 2. The summed E-state index contributed by atoms with van der Waals surface area (Å²) >= 11 is 5.71. The van der Waals surface area contributed by atoms with Crippen LogP contribution in [0.25, 0.3) is 0 Å². The monoisotopic (exact) mass is 191 g/mol. The number of halogens is 1. The van der Waals surface area contributed by atoms with Crippen LogP contribution < -0.4 is 5.73 Å². The summed E-state index contributed by atoms with van der Waals surface area (Å²) in [5.74, 6) is 1.14. The molecule has 1 aliphatic carbocycles. The first-order chi connectivity index (χ1) is 5.72. The van der Waals surface area contributed by atoms with Gasteiger partial charge in [0.2, 0.25) is 0 Å². The van der Waals surface area contributed by atoms with E-state index in [4.69, 9.17) is 22.1 Å². The van der Waals surface area contributed by atoms with Crippen LogP contribution in [0.5, 0.6) is 0 Å². The normalized spacial score (nSPS) is 29.8. The maximum atomic E-state index is 10.4. The highest BCUT2D eigenvalue weighted by Gasteiger charge is 2.23. The summed E-state index contributed by atoms with van der Waals surface area (Å²) in [5, 5.41) is 0. The van der Waals surface area contributed by atoms with E-state index >= 15 is 0 Å². The Balaban J connectivity index is 2.30. The molecule has 0 saturated heterocycles. The Bertz CT molecular complexity index is 163. The Morgan fingerprint density at radius 1 is 1.58 bits per heavy atom. The maximum absolute atomic E-state index is 10.4. The average Bonchev–Trinajstić information content (AvgIpc) is 2.03. The van der Waals surface area contributed by atoms with E-state index in [1.807, 2.05) is 0 Å². The van der Waals surface area contributed by atoms with Crippen molar-refractivity contribution in [3.63, 3.8) is 0 Å². The van der Waals surface area contributed by atoms with Crippen LogP contribution >= 0.6 is 11.6 Å². The third-order valence-corrected chi connectivity index (χ3v) is 2.67. The molecule has 1 aliphatic rings. The van der Waals surface area contributed by atoms with E-state index in [1.54, 1.807) is 0 Å². The molecule has 0 bridgehead atoms. The standard InChI is InChI=1S/C8H14ClNO2/c9-5-6-2-1-3-7(4-6)12-8(10)11/h6-7H,1-5H2,(H2,10,11). The van der Waals surface area contributed by atoms with E-state index in [1.165, 1.54) is 0 Å². The van der Waals surface area contributed by atoms with Crippen LogP contribution in [0.15, 0.2) is 0 Å². The van der Waals surface area contributed by atoms with Gasteiger partial charge in [0.05, 0.1) is 0 Å². The Labute approximate surface area is 77.2 Å². The minimum absolute atomic E-state index is 0.000000000000000666. The topological polar surface area (TPSA) is 52.3 Å². The second kappa shape index (κ2) is 4.55. The van der Waals surface area contributed by atoms with Crippen LogP contribution in [0.4, 0.5) is 4.79 Å². The number of carbonyl (C=O) groups excluding carboxylic acids is 1. The van der Waals surface area contributed by atoms with Crippen LogP contribution in [0, 0.1) is 5.92 Å². The summed E-state index contributed by atoms with van der Waals surface area (Å²) in [4.78, 5) is 10.4. The summed E-state index contributed by atoms with van der Waals surface area (Å²) in [5.41, 5.74) is 4.92. The number of ether oxygens (including phenoxy) is 1. The largest absolute Gasteiger partial charge is 0.446 e. The first kappa shape index (κ1) is 9.65. The highest BCUT2D eigenvalue weighted by atomic mass is 35.5. The fourth-order valence-electron chi connectivity index (χ4n) is 1.65. The van der Waals surface area contributed by atoms with Crippen molar-refractivity contribution in [1.82, 2.24) is 0 Å². The van der Waals surface area contributed by atoms with Gasteiger partial charge in [0.25, 0.3) is 0 Å². The molecular formula is C8H14ClNO2. The van der Waals surface area contributed by atoms with Crippen molar-refractivity contribution >= 4 is 17.7 Å². The molecule has 2 atom stereocenters. The summed E-state index contributed by atoms with van der Waals surface area (Å²) in [6.07, 6.45) is 3.34. The molecule has 0 aromatic carbocycles. The van der Waals surface area contributed by atoms with E-state index in [2.05, 4.69) is 0 Å². The lowest BCUT2D eigenvalue weighted by Crippen LogP contribution is -2.28. The molecule has 1 rings (SSSR count). The van der Waals surface area contributed by atoms with Gasteiger partial charge in [-0.15, -0.1) is 11.6 Å². The molecule has 2 unspecified atom stereocenters. The summed E-state index contributed by atoms with van der Waals surface area (Å²) in [6.45, 7) is 0. The van der Waals surface area contributed by atoms with Crippen molar-refractivity contribution in [1.29, 1.82) is 0 Å². The molecule has 0 aromatic heterocycles. The molecule has 0 aromatic rings. The second-order valence-electron chi connectivity index (χ2n) is 3.25. The number of nitrogens with two attached hydrogens (primary N) is 1. The van der Waals surface area contributed by atoms with Crippen LogP contribution in [0.3, 0.4) is 0 Å². The molecule has 0 aliphatic heterocycles. The molecule has 0 radical (unpaired) electrons. The van der Waals surface area contributed by atoms with Gasteiger partial charge in [0, 0.05) is 5.88 Å². The van der Waals surface area contributed by atoms with Crippen molar-refractivity contribution < 1.29 is 9.53 Å². The molecule has 70 valence electrons. The third kappa shape index (κ3) is 2.89. The third-order valence-electron chi connectivity index (χ3n) is 2.24. The lowest BCUT2D eigenvalue weighted by atomic mass is 9.88. The van der Waals surface area contributed by atoms with Gasteiger partial charge in [-0.3, -0.25) is 0 Å². The number of hydrogen-bond donors (Lipinski definition) is 1. The molecule has 0 heterocycles. The molecule has 1 saturated carbocycles. The van der Waals surface area contributed by atoms with Gasteiger partial charge < -0.3 is 10.5 Å². The Morgan fingerprint density at radius 3 is 2.92 bits per heavy atom.